The van der Waals surface area contributed by atoms with E-state index in [2.05, 4.69) is 5.32 Å². The number of anilines is 1. The first-order valence-corrected chi connectivity index (χ1v) is 14.1. The molecule has 0 saturated carbocycles. The summed E-state index contributed by atoms with van der Waals surface area (Å²) in [5, 5.41) is 3.56. The van der Waals surface area contributed by atoms with Crippen molar-refractivity contribution in [3.05, 3.63) is 52.0 Å². The molecular formula is C25H33Cl2N3O6S. The van der Waals surface area contributed by atoms with Crippen molar-refractivity contribution in [3.8, 4) is 11.5 Å². The molecule has 0 radical (unpaired) electrons. The van der Waals surface area contributed by atoms with Crippen molar-refractivity contribution in [2.24, 2.45) is 5.92 Å². The van der Waals surface area contributed by atoms with E-state index in [0.717, 1.165) is 10.6 Å². The van der Waals surface area contributed by atoms with Crippen molar-refractivity contribution >= 4 is 50.7 Å². The highest BCUT2D eigenvalue weighted by molar-refractivity contribution is 7.92. The molecule has 204 valence electrons. The number of halogens is 2. The zero-order valence-electron chi connectivity index (χ0n) is 21.7. The monoisotopic (exact) mass is 573 g/mol. The van der Waals surface area contributed by atoms with Crippen LogP contribution in [0.5, 0.6) is 11.5 Å². The third kappa shape index (κ3) is 8.41. The molecule has 37 heavy (non-hydrogen) atoms. The Kier molecular flexibility index (Phi) is 10.9. The Morgan fingerprint density at radius 3 is 2.24 bits per heavy atom. The maximum Gasteiger partial charge on any atom is 0.244 e. The Hall–Kier alpha value is -2.69. The maximum atomic E-state index is 13.7. The van der Waals surface area contributed by atoms with E-state index in [1.54, 1.807) is 25.1 Å². The van der Waals surface area contributed by atoms with E-state index in [9.17, 15) is 18.0 Å². The van der Waals surface area contributed by atoms with Crippen LogP contribution >= 0.6 is 23.2 Å². The molecule has 9 nitrogen and oxygen atoms in total. The van der Waals surface area contributed by atoms with Crippen molar-refractivity contribution in [3.63, 3.8) is 0 Å². The number of nitrogens with zero attached hydrogens (tertiary/aromatic N) is 2. The maximum absolute atomic E-state index is 13.7. The van der Waals surface area contributed by atoms with Crippen LogP contribution in [0.25, 0.3) is 0 Å². The van der Waals surface area contributed by atoms with Crippen molar-refractivity contribution in [1.82, 2.24) is 10.2 Å². The molecule has 12 heteroatoms. The number of sulfonamides is 1. The van der Waals surface area contributed by atoms with Gasteiger partial charge in [0.1, 0.15) is 24.1 Å². The molecule has 1 unspecified atom stereocenters. The van der Waals surface area contributed by atoms with Crippen LogP contribution in [0, 0.1) is 5.92 Å². The molecule has 1 atom stereocenters. The third-order valence-corrected chi connectivity index (χ3v) is 7.26. The van der Waals surface area contributed by atoms with Crippen molar-refractivity contribution < 1.29 is 27.5 Å². The Labute approximate surface area is 228 Å². The third-order valence-electron chi connectivity index (χ3n) is 5.54. The molecule has 0 heterocycles. The van der Waals surface area contributed by atoms with Crippen LogP contribution < -0.4 is 19.1 Å². The number of rotatable bonds is 12. The average molecular weight is 575 g/mol. The lowest BCUT2D eigenvalue weighted by Crippen LogP contribution is -2.51. The molecule has 0 fully saturated rings. The average Bonchev–Trinajstić information content (AvgIpc) is 2.83. The van der Waals surface area contributed by atoms with E-state index in [1.807, 2.05) is 13.8 Å². The quantitative estimate of drug-likeness (QED) is 0.412. The van der Waals surface area contributed by atoms with Gasteiger partial charge in [-0.15, -0.1) is 0 Å². The van der Waals surface area contributed by atoms with Gasteiger partial charge in [0.25, 0.3) is 0 Å². The lowest BCUT2D eigenvalue weighted by Gasteiger charge is -2.32. The molecule has 0 bridgehead atoms. The van der Waals surface area contributed by atoms with Crippen molar-refractivity contribution in [2.75, 3.05) is 37.9 Å². The molecule has 2 aromatic rings. The number of carbonyl (C=O) groups is 2. The van der Waals surface area contributed by atoms with E-state index in [1.165, 1.54) is 37.3 Å². The summed E-state index contributed by atoms with van der Waals surface area (Å²) in [6.45, 7) is 5.29. The fraction of sp³-hybridized carbons (Fsp3) is 0.440. The Morgan fingerprint density at radius 2 is 1.70 bits per heavy atom. The molecule has 0 aromatic heterocycles. The molecule has 1 N–H and O–H groups in total. The first-order chi connectivity index (χ1) is 17.3. The Bertz CT molecular complexity index is 1220. The van der Waals surface area contributed by atoms with Crippen LogP contribution in [-0.2, 0) is 26.2 Å². The molecule has 0 aliphatic rings. The van der Waals surface area contributed by atoms with Gasteiger partial charge in [-0.3, -0.25) is 13.9 Å². The molecule has 2 rings (SSSR count). The highest BCUT2D eigenvalue weighted by Gasteiger charge is 2.31. The van der Waals surface area contributed by atoms with Crippen LogP contribution in [0.4, 0.5) is 5.69 Å². The fourth-order valence-corrected chi connectivity index (χ4v) is 4.78. The van der Waals surface area contributed by atoms with Gasteiger partial charge in [-0.25, -0.2) is 8.42 Å². The largest absolute Gasteiger partial charge is 0.497 e. The van der Waals surface area contributed by atoms with Crippen LogP contribution in [0.2, 0.25) is 10.0 Å². The van der Waals surface area contributed by atoms with Crippen LogP contribution in [0.3, 0.4) is 0 Å². The van der Waals surface area contributed by atoms with Gasteiger partial charge >= 0.3 is 0 Å². The fourth-order valence-electron chi connectivity index (χ4n) is 3.45. The van der Waals surface area contributed by atoms with Gasteiger partial charge in [0.05, 0.1) is 26.2 Å². The summed E-state index contributed by atoms with van der Waals surface area (Å²) in [6, 6.07) is 8.47. The molecule has 2 aromatic carbocycles. The summed E-state index contributed by atoms with van der Waals surface area (Å²) in [7, 11) is -1.08. The second-order valence-electron chi connectivity index (χ2n) is 8.88. The summed E-state index contributed by atoms with van der Waals surface area (Å²) in [4.78, 5) is 27.9. The number of amides is 2. The van der Waals surface area contributed by atoms with Crippen LogP contribution in [-0.4, -0.2) is 64.7 Å². The molecule has 0 aliphatic carbocycles. The number of methoxy groups -OCH3 is 2. The van der Waals surface area contributed by atoms with Crippen molar-refractivity contribution in [1.29, 1.82) is 0 Å². The molecule has 0 spiro atoms. The topological polar surface area (TPSA) is 105 Å². The first kappa shape index (κ1) is 30.5. The molecule has 0 aliphatic heterocycles. The number of hydrogen-bond acceptors (Lipinski definition) is 6. The number of nitrogens with one attached hydrogen (secondary N) is 1. The van der Waals surface area contributed by atoms with Crippen molar-refractivity contribution in [2.45, 2.75) is 33.4 Å². The first-order valence-electron chi connectivity index (χ1n) is 11.5. The molecule has 0 saturated heterocycles. The van der Waals surface area contributed by atoms with Gasteiger partial charge < -0.3 is 19.7 Å². The van der Waals surface area contributed by atoms with E-state index in [4.69, 9.17) is 32.7 Å². The second kappa shape index (κ2) is 13.2. The molecule has 2 amide bonds. The summed E-state index contributed by atoms with van der Waals surface area (Å²) in [5.74, 6) is -0.127. The number of benzene rings is 2. The number of hydrogen-bond donors (Lipinski definition) is 1. The SMILES string of the molecule is COc1ccc(N(CC(=O)N(Cc2ccc(Cl)cc2Cl)C(C)C(=O)NCC(C)C)S(C)(=O)=O)c(OC)c1. The van der Waals surface area contributed by atoms with E-state index < -0.39 is 28.5 Å². The van der Waals surface area contributed by atoms with E-state index in [0.29, 0.717) is 27.9 Å². The number of ether oxygens (including phenoxy) is 2. The zero-order chi connectivity index (χ0) is 27.9. The minimum Gasteiger partial charge on any atom is -0.497 e. The standard InChI is InChI=1S/C25H33Cl2N3O6S/c1-16(2)13-28-25(32)17(3)29(14-18-7-8-19(26)11-21(18)27)24(31)15-30(37(6,33)34)22-10-9-20(35-4)12-23(22)36-5/h7-12,16-17H,13-15H2,1-6H3,(H,28,32). The molecular weight excluding hydrogens is 541 g/mol. The highest BCUT2D eigenvalue weighted by atomic mass is 35.5. The Balaban J connectivity index is 2.47. The Morgan fingerprint density at radius 1 is 1.03 bits per heavy atom. The van der Waals surface area contributed by atoms with Crippen LogP contribution in [0.15, 0.2) is 36.4 Å². The highest BCUT2D eigenvalue weighted by Crippen LogP contribution is 2.34. The zero-order valence-corrected chi connectivity index (χ0v) is 24.1. The summed E-state index contributed by atoms with van der Waals surface area (Å²) in [5.41, 5.74) is 0.705. The summed E-state index contributed by atoms with van der Waals surface area (Å²) < 4.78 is 37.1. The smallest absolute Gasteiger partial charge is 0.244 e. The van der Waals surface area contributed by atoms with E-state index in [-0.39, 0.29) is 29.8 Å². The lowest BCUT2D eigenvalue weighted by atomic mass is 10.1. The predicted octanol–water partition coefficient (Wildman–Crippen LogP) is 3.97. The number of carbonyl (C=O) groups excluding carboxylic acids is 2. The van der Waals surface area contributed by atoms with Gasteiger partial charge in [0.2, 0.25) is 21.8 Å². The van der Waals surface area contributed by atoms with Gasteiger partial charge in [-0.05, 0) is 42.7 Å². The van der Waals surface area contributed by atoms with Gasteiger partial charge in [0, 0.05) is 29.2 Å². The van der Waals surface area contributed by atoms with Gasteiger partial charge in [-0.1, -0.05) is 43.1 Å². The summed E-state index contributed by atoms with van der Waals surface area (Å²) in [6.07, 6.45) is 0.989. The minimum atomic E-state index is -3.93. The minimum absolute atomic E-state index is 0.0392. The predicted molar refractivity (Wildman–Crippen MR) is 146 cm³/mol. The lowest BCUT2D eigenvalue weighted by molar-refractivity contribution is -0.139. The summed E-state index contributed by atoms with van der Waals surface area (Å²) >= 11 is 12.4. The normalized spacial score (nSPS) is 12.1. The van der Waals surface area contributed by atoms with Gasteiger partial charge in [-0.2, -0.15) is 0 Å². The van der Waals surface area contributed by atoms with Crippen LogP contribution in [0.1, 0.15) is 26.3 Å². The van der Waals surface area contributed by atoms with Gasteiger partial charge in [0.15, 0.2) is 0 Å². The van der Waals surface area contributed by atoms with E-state index >= 15 is 0 Å². The second-order valence-corrected chi connectivity index (χ2v) is 11.6.